The Morgan fingerprint density at radius 2 is 1.46 bits per heavy atom. The van der Waals surface area contributed by atoms with Gasteiger partial charge in [-0.2, -0.15) is 0 Å². The van der Waals surface area contributed by atoms with Gasteiger partial charge in [0, 0.05) is 22.3 Å². The zero-order chi connectivity index (χ0) is 17.5. The van der Waals surface area contributed by atoms with E-state index in [-0.39, 0.29) is 5.56 Å². The number of H-pyrrole nitrogens is 2. The highest BCUT2D eigenvalue weighted by Crippen LogP contribution is 2.38. The van der Waals surface area contributed by atoms with Gasteiger partial charge in [0.15, 0.2) is 0 Å². The highest BCUT2D eigenvalue weighted by atomic mass is 16.1. The number of aryl methyl sites for hydroxylation is 1. The van der Waals surface area contributed by atoms with Gasteiger partial charge in [0.1, 0.15) is 0 Å². The summed E-state index contributed by atoms with van der Waals surface area (Å²) >= 11 is 0. The molecule has 0 bridgehead atoms. The molecular weight excluding hydrogens is 322 g/mol. The van der Waals surface area contributed by atoms with Crippen LogP contribution in [-0.4, -0.2) is 15.2 Å². The van der Waals surface area contributed by atoms with Gasteiger partial charge in [-0.3, -0.25) is 20.0 Å². The number of aromatic amines is 2. The topological polar surface area (TPSA) is 61.5 Å². The summed E-state index contributed by atoms with van der Waals surface area (Å²) in [7, 11) is 0. The molecule has 0 aliphatic heterocycles. The molecule has 1 aliphatic rings. The van der Waals surface area contributed by atoms with Crippen LogP contribution in [0.15, 0.2) is 71.5 Å². The van der Waals surface area contributed by atoms with Crippen LogP contribution in [0.25, 0.3) is 33.6 Å². The first-order valence-corrected chi connectivity index (χ1v) is 8.76. The third-order valence-corrected chi connectivity index (χ3v) is 4.99. The summed E-state index contributed by atoms with van der Waals surface area (Å²) in [5.74, 6) is 0. The molecule has 26 heavy (non-hydrogen) atoms. The predicted octanol–water partition coefficient (Wildman–Crippen LogP) is 4.20. The number of rotatable bonds is 2. The zero-order valence-corrected chi connectivity index (χ0v) is 14.1. The van der Waals surface area contributed by atoms with Gasteiger partial charge in [-0.25, -0.2) is 0 Å². The fraction of sp³-hybridized carbons (Fsp3) is 0.0909. The Bertz CT molecular complexity index is 1140. The maximum atomic E-state index is 12.0. The fourth-order valence-electron chi connectivity index (χ4n) is 3.71. The van der Waals surface area contributed by atoms with Gasteiger partial charge in [-0.15, -0.1) is 0 Å². The summed E-state index contributed by atoms with van der Waals surface area (Å²) in [6, 6.07) is 22.7. The van der Waals surface area contributed by atoms with E-state index in [2.05, 4.69) is 40.5 Å². The third-order valence-electron chi connectivity index (χ3n) is 4.99. The van der Waals surface area contributed by atoms with Crippen molar-refractivity contribution in [2.45, 2.75) is 12.8 Å². The van der Waals surface area contributed by atoms with Crippen molar-refractivity contribution in [2.24, 2.45) is 0 Å². The summed E-state index contributed by atoms with van der Waals surface area (Å²) < 4.78 is 0. The Labute approximate surface area is 150 Å². The van der Waals surface area contributed by atoms with Gasteiger partial charge in [0.2, 0.25) is 0 Å². The number of nitrogens with one attached hydrogen (secondary N) is 2. The smallest absolute Gasteiger partial charge is 0.267 e. The second-order valence-electron chi connectivity index (χ2n) is 6.54. The predicted molar refractivity (Wildman–Crippen MR) is 103 cm³/mol. The number of hydrogen-bond acceptors (Lipinski definition) is 2. The standard InChI is InChI=1S/C22H17N3O/c26-22-16-11-12-19-18(21(16)24-25-22)13-17(14-7-3-1-4-8-14)20(23-19)15-9-5-2-6-10-15/h1-10,13H,11-12H2,(H2,24,25,26). The number of aromatic nitrogens is 3. The first-order chi connectivity index (χ1) is 12.8. The van der Waals surface area contributed by atoms with E-state index in [1.807, 2.05) is 36.4 Å². The molecule has 0 spiro atoms. The van der Waals surface area contributed by atoms with Gasteiger partial charge in [-0.05, 0) is 24.5 Å². The molecule has 5 rings (SSSR count). The van der Waals surface area contributed by atoms with E-state index >= 15 is 0 Å². The molecule has 0 unspecified atom stereocenters. The van der Waals surface area contributed by atoms with Crippen LogP contribution in [0.1, 0.15) is 11.3 Å². The lowest BCUT2D eigenvalue weighted by Crippen LogP contribution is -2.13. The molecule has 4 heteroatoms. The molecule has 0 saturated heterocycles. The lowest BCUT2D eigenvalue weighted by atomic mass is 9.89. The van der Waals surface area contributed by atoms with Gasteiger partial charge >= 0.3 is 0 Å². The van der Waals surface area contributed by atoms with Crippen LogP contribution < -0.4 is 5.56 Å². The van der Waals surface area contributed by atoms with Gasteiger partial charge in [-0.1, -0.05) is 60.7 Å². The highest BCUT2D eigenvalue weighted by Gasteiger charge is 2.24. The molecule has 1 aliphatic carbocycles. The average Bonchev–Trinajstić information content (AvgIpc) is 3.09. The van der Waals surface area contributed by atoms with E-state index in [9.17, 15) is 4.79 Å². The van der Waals surface area contributed by atoms with Crippen LogP contribution in [0.5, 0.6) is 0 Å². The molecule has 0 atom stereocenters. The van der Waals surface area contributed by atoms with Gasteiger partial charge in [0.25, 0.3) is 5.56 Å². The van der Waals surface area contributed by atoms with Crippen LogP contribution >= 0.6 is 0 Å². The molecule has 2 N–H and O–H groups in total. The van der Waals surface area contributed by atoms with Crippen molar-refractivity contribution in [3.63, 3.8) is 0 Å². The SMILES string of the molecule is O=c1[nH][nH]c2c1CCc1nc(-c3ccccc3)c(-c3ccccc3)cc1-2. The van der Waals surface area contributed by atoms with Crippen molar-refractivity contribution >= 4 is 0 Å². The molecule has 126 valence electrons. The zero-order valence-electron chi connectivity index (χ0n) is 14.1. The van der Waals surface area contributed by atoms with E-state index in [1.165, 1.54) is 0 Å². The largest absolute Gasteiger partial charge is 0.297 e. The van der Waals surface area contributed by atoms with Crippen LogP contribution in [0.4, 0.5) is 0 Å². The lowest BCUT2D eigenvalue weighted by Gasteiger charge is -2.19. The molecule has 4 nitrogen and oxygen atoms in total. The molecule has 2 aromatic heterocycles. The Morgan fingerprint density at radius 3 is 2.19 bits per heavy atom. The van der Waals surface area contributed by atoms with Crippen molar-refractivity contribution in [1.82, 2.24) is 15.2 Å². The number of nitrogens with zero attached hydrogens (tertiary/aromatic N) is 1. The van der Waals surface area contributed by atoms with Crippen molar-refractivity contribution in [2.75, 3.05) is 0 Å². The summed E-state index contributed by atoms with van der Waals surface area (Å²) in [6.45, 7) is 0. The van der Waals surface area contributed by atoms with E-state index in [0.29, 0.717) is 6.42 Å². The van der Waals surface area contributed by atoms with Gasteiger partial charge < -0.3 is 0 Å². The maximum Gasteiger partial charge on any atom is 0.267 e. The Hall–Kier alpha value is -3.40. The van der Waals surface area contributed by atoms with E-state index in [1.54, 1.807) is 0 Å². The van der Waals surface area contributed by atoms with E-state index in [0.717, 1.165) is 51.3 Å². The van der Waals surface area contributed by atoms with Crippen molar-refractivity contribution < 1.29 is 0 Å². The molecule has 2 heterocycles. The van der Waals surface area contributed by atoms with Crippen LogP contribution in [0.2, 0.25) is 0 Å². The number of pyridine rings is 1. The van der Waals surface area contributed by atoms with Crippen molar-refractivity contribution in [1.29, 1.82) is 0 Å². The second kappa shape index (κ2) is 5.85. The lowest BCUT2D eigenvalue weighted by molar-refractivity contribution is 0.893. The maximum absolute atomic E-state index is 12.0. The first-order valence-electron chi connectivity index (χ1n) is 8.76. The van der Waals surface area contributed by atoms with Crippen LogP contribution in [-0.2, 0) is 12.8 Å². The van der Waals surface area contributed by atoms with Crippen LogP contribution in [0.3, 0.4) is 0 Å². The minimum atomic E-state index is -0.0287. The van der Waals surface area contributed by atoms with Gasteiger partial charge in [0.05, 0.1) is 17.1 Å². The van der Waals surface area contributed by atoms with Crippen molar-refractivity contribution in [3.8, 4) is 33.6 Å². The fourth-order valence-corrected chi connectivity index (χ4v) is 3.71. The molecule has 0 radical (unpaired) electrons. The third kappa shape index (κ3) is 2.30. The summed E-state index contributed by atoms with van der Waals surface area (Å²) in [6.07, 6.45) is 1.49. The molecule has 0 saturated carbocycles. The molecule has 0 amide bonds. The number of benzene rings is 2. The first kappa shape index (κ1) is 14.9. The monoisotopic (exact) mass is 339 g/mol. The molecular formula is C22H17N3O. The number of fused-ring (bicyclic) bond motifs is 3. The quantitative estimate of drug-likeness (QED) is 0.575. The summed E-state index contributed by atoms with van der Waals surface area (Å²) in [5.41, 5.74) is 8.00. The summed E-state index contributed by atoms with van der Waals surface area (Å²) in [4.78, 5) is 17.0. The molecule has 4 aromatic rings. The average molecular weight is 339 g/mol. The highest BCUT2D eigenvalue weighted by molar-refractivity contribution is 5.85. The molecule has 0 fully saturated rings. The second-order valence-corrected chi connectivity index (χ2v) is 6.54. The van der Waals surface area contributed by atoms with E-state index < -0.39 is 0 Å². The minimum Gasteiger partial charge on any atom is -0.297 e. The van der Waals surface area contributed by atoms with Crippen LogP contribution in [0, 0.1) is 0 Å². The normalized spacial score (nSPS) is 12.5. The number of hydrogen-bond donors (Lipinski definition) is 2. The Balaban J connectivity index is 1.81. The Morgan fingerprint density at radius 1 is 0.769 bits per heavy atom. The minimum absolute atomic E-state index is 0.0287. The molecule has 2 aromatic carbocycles. The summed E-state index contributed by atoms with van der Waals surface area (Å²) in [5, 5.41) is 5.76. The van der Waals surface area contributed by atoms with Crippen molar-refractivity contribution in [3.05, 3.63) is 88.3 Å². The van der Waals surface area contributed by atoms with E-state index in [4.69, 9.17) is 4.98 Å². The Kier molecular flexibility index (Phi) is 3.35.